The van der Waals surface area contributed by atoms with Gasteiger partial charge in [0.1, 0.15) is 17.7 Å². The maximum absolute atomic E-state index is 13.7. The Balaban J connectivity index is 1.81. The van der Waals surface area contributed by atoms with Crippen molar-refractivity contribution >= 4 is 21.8 Å². The molecule has 1 unspecified atom stereocenters. The first-order valence-electron chi connectivity index (χ1n) is 10.00. The van der Waals surface area contributed by atoms with Crippen LogP contribution in [0.2, 0.25) is 0 Å². The topological polar surface area (TPSA) is 90.9 Å². The fraction of sp³-hybridized carbons (Fsp3) is 0.364. The molecule has 0 radical (unpaired) electrons. The molecule has 0 aliphatic carbocycles. The summed E-state index contributed by atoms with van der Waals surface area (Å²) in [7, 11) is 0.0230. The zero-order valence-electron chi connectivity index (χ0n) is 18.0. The van der Waals surface area contributed by atoms with Gasteiger partial charge in [0, 0.05) is 12.1 Å². The van der Waals surface area contributed by atoms with Crippen LogP contribution in [0.3, 0.4) is 0 Å². The number of amidine groups is 1. The van der Waals surface area contributed by atoms with Gasteiger partial charge >= 0.3 is 0 Å². The number of rotatable bonds is 7. The quantitative estimate of drug-likeness (QED) is 0.683. The zero-order valence-corrected chi connectivity index (χ0v) is 18.8. The van der Waals surface area contributed by atoms with Gasteiger partial charge in [0.25, 0.3) is 10.0 Å². The molecule has 1 heterocycles. The molecule has 1 aliphatic heterocycles. The number of sulfonamides is 1. The molecule has 3 rings (SSSR count). The van der Waals surface area contributed by atoms with Gasteiger partial charge in [-0.25, -0.2) is 12.8 Å². The van der Waals surface area contributed by atoms with E-state index in [-0.39, 0.29) is 41.0 Å². The molecule has 0 saturated heterocycles. The minimum Gasteiger partial charge on any atom is -0.352 e. The highest BCUT2D eigenvalue weighted by atomic mass is 32.2. The molecule has 1 aliphatic rings. The first-order valence-corrected chi connectivity index (χ1v) is 11.5. The van der Waals surface area contributed by atoms with Crippen molar-refractivity contribution in [3.8, 4) is 0 Å². The normalized spacial score (nSPS) is 18.0. The van der Waals surface area contributed by atoms with Crippen molar-refractivity contribution in [2.24, 2.45) is 10.9 Å². The number of carbonyl (C=O) groups excluding carboxylic acids is 1. The SMILES string of the molecule is CC(C)[C@H](N=C1NS(=O)(=O)c2ccccc21)C(=O)NCC(c1cccc(F)c1)N(C)C. The van der Waals surface area contributed by atoms with E-state index < -0.39 is 16.1 Å². The molecular weight excluding hydrogens is 419 g/mol. The largest absolute Gasteiger partial charge is 0.352 e. The monoisotopic (exact) mass is 446 g/mol. The molecule has 2 atom stereocenters. The average Bonchev–Trinajstić information content (AvgIpc) is 2.96. The third-order valence-corrected chi connectivity index (χ3v) is 6.55. The van der Waals surface area contributed by atoms with Crippen LogP contribution in [0, 0.1) is 11.7 Å². The molecule has 31 heavy (non-hydrogen) atoms. The van der Waals surface area contributed by atoms with Gasteiger partial charge in [0.15, 0.2) is 0 Å². The second kappa shape index (κ2) is 9.15. The van der Waals surface area contributed by atoms with E-state index in [0.717, 1.165) is 5.56 Å². The maximum atomic E-state index is 13.7. The van der Waals surface area contributed by atoms with Crippen LogP contribution in [-0.2, 0) is 14.8 Å². The van der Waals surface area contributed by atoms with E-state index in [4.69, 9.17) is 0 Å². The Hall–Kier alpha value is -2.78. The number of benzene rings is 2. The number of likely N-dealkylation sites (N-methyl/N-ethyl adjacent to an activating group) is 1. The predicted octanol–water partition coefficient (Wildman–Crippen LogP) is 2.31. The Kier molecular flexibility index (Phi) is 6.76. The van der Waals surface area contributed by atoms with Crippen LogP contribution in [0.4, 0.5) is 4.39 Å². The molecule has 1 amide bonds. The van der Waals surface area contributed by atoms with Gasteiger partial charge < -0.3 is 10.2 Å². The van der Waals surface area contributed by atoms with E-state index >= 15 is 0 Å². The van der Waals surface area contributed by atoms with E-state index in [0.29, 0.717) is 5.56 Å². The molecule has 2 aromatic rings. The maximum Gasteiger partial charge on any atom is 0.263 e. The molecule has 7 nitrogen and oxygen atoms in total. The van der Waals surface area contributed by atoms with Gasteiger partial charge in [0.05, 0.1) is 10.9 Å². The van der Waals surface area contributed by atoms with E-state index in [1.165, 1.54) is 18.2 Å². The van der Waals surface area contributed by atoms with Crippen LogP contribution in [0.15, 0.2) is 58.4 Å². The first kappa shape index (κ1) is 22.9. The van der Waals surface area contributed by atoms with Gasteiger partial charge in [-0.3, -0.25) is 14.5 Å². The van der Waals surface area contributed by atoms with Crippen molar-refractivity contribution in [1.29, 1.82) is 0 Å². The first-order chi connectivity index (χ1) is 14.6. The van der Waals surface area contributed by atoms with Crippen LogP contribution >= 0.6 is 0 Å². The van der Waals surface area contributed by atoms with Gasteiger partial charge in [-0.2, -0.15) is 0 Å². The van der Waals surface area contributed by atoms with Crippen molar-refractivity contribution < 1.29 is 17.6 Å². The fourth-order valence-corrected chi connectivity index (χ4v) is 4.73. The Morgan fingerprint density at radius 3 is 2.52 bits per heavy atom. The Bertz CT molecular complexity index is 1100. The highest BCUT2D eigenvalue weighted by Crippen LogP contribution is 2.24. The number of nitrogens with zero attached hydrogens (tertiary/aromatic N) is 2. The van der Waals surface area contributed by atoms with Crippen molar-refractivity contribution in [1.82, 2.24) is 14.9 Å². The molecule has 9 heteroatoms. The highest BCUT2D eigenvalue weighted by Gasteiger charge is 2.32. The summed E-state index contributed by atoms with van der Waals surface area (Å²) in [6.45, 7) is 3.95. The Morgan fingerprint density at radius 2 is 1.87 bits per heavy atom. The molecule has 166 valence electrons. The summed E-state index contributed by atoms with van der Waals surface area (Å²) >= 11 is 0. The van der Waals surface area contributed by atoms with Crippen LogP contribution in [0.1, 0.15) is 31.0 Å². The number of nitrogens with one attached hydrogen (secondary N) is 2. The molecular formula is C22H27FN4O3S. The summed E-state index contributed by atoms with van der Waals surface area (Å²) in [5, 5.41) is 2.89. The van der Waals surface area contributed by atoms with Crippen LogP contribution < -0.4 is 10.0 Å². The molecule has 0 spiro atoms. The summed E-state index contributed by atoms with van der Waals surface area (Å²) in [5.74, 6) is -0.667. The lowest BCUT2D eigenvalue weighted by atomic mass is 10.0. The van der Waals surface area contributed by atoms with Crippen molar-refractivity contribution in [3.05, 3.63) is 65.5 Å². The fourth-order valence-electron chi connectivity index (χ4n) is 3.49. The summed E-state index contributed by atoms with van der Waals surface area (Å²) in [6, 6.07) is 11.8. The second-order valence-corrected chi connectivity index (χ2v) is 9.70. The molecule has 0 saturated carbocycles. The number of hydrogen-bond acceptors (Lipinski definition) is 5. The minimum absolute atomic E-state index is 0.149. The van der Waals surface area contributed by atoms with Gasteiger partial charge in [-0.05, 0) is 49.8 Å². The van der Waals surface area contributed by atoms with Gasteiger partial charge in [-0.1, -0.05) is 38.1 Å². The summed E-state index contributed by atoms with van der Waals surface area (Å²) in [6.07, 6.45) is 0. The number of aliphatic imine (C=N–C) groups is 1. The third kappa shape index (κ3) is 5.11. The lowest BCUT2D eigenvalue weighted by Gasteiger charge is -2.26. The summed E-state index contributed by atoms with van der Waals surface area (Å²) < 4.78 is 40.8. The van der Waals surface area contributed by atoms with E-state index in [1.54, 1.807) is 24.3 Å². The predicted molar refractivity (Wildman–Crippen MR) is 118 cm³/mol. The Morgan fingerprint density at radius 1 is 1.16 bits per heavy atom. The molecule has 2 N–H and O–H groups in total. The minimum atomic E-state index is -3.68. The Labute approximate surface area is 182 Å². The number of halogens is 1. The molecule has 2 aromatic carbocycles. The second-order valence-electron chi connectivity index (χ2n) is 8.05. The lowest BCUT2D eigenvalue weighted by Crippen LogP contribution is -2.42. The number of hydrogen-bond donors (Lipinski definition) is 2. The van der Waals surface area contributed by atoms with Crippen molar-refractivity contribution in [2.75, 3.05) is 20.6 Å². The van der Waals surface area contributed by atoms with Gasteiger partial charge in [-0.15, -0.1) is 0 Å². The number of carbonyl (C=O) groups is 1. The summed E-state index contributed by atoms with van der Waals surface area (Å²) in [5.41, 5.74) is 1.20. The standard InChI is InChI=1S/C22H27FN4O3S/c1-14(2)20(25-21-17-10-5-6-11-19(17)31(29,30)26-21)22(28)24-13-18(27(3)4)15-8-7-9-16(23)12-15/h5-12,14,18,20H,13H2,1-4H3,(H,24,28)(H,25,26)/t18?,20-/m0/s1. The number of amides is 1. The molecule has 0 aromatic heterocycles. The molecule has 0 bridgehead atoms. The average molecular weight is 447 g/mol. The van der Waals surface area contributed by atoms with Gasteiger partial charge in [0.2, 0.25) is 5.91 Å². The summed E-state index contributed by atoms with van der Waals surface area (Å²) in [4.78, 5) is 19.5. The van der Waals surface area contributed by atoms with Crippen LogP contribution in [0.25, 0.3) is 0 Å². The lowest BCUT2D eigenvalue weighted by molar-refractivity contribution is -0.123. The molecule has 0 fully saturated rings. The third-order valence-electron chi connectivity index (χ3n) is 5.16. The van der Waals surface area contributed by atoms with Crippen molar-refractivity contribution in [3.63, 3.8) is 0 Å². The van der Waals surface area contributed by atoms with E-state index in [1.807, 2.05) is 38.9 Å². The smallest absolute Gasteiger partial charge is 0.263 e. The van der Waals surface area contributed by atoms with Crippen LogP contribution in [-0.4, -0.2) is 51.7 Å². The van der Waals surface area contributed by atoms with E-state index in [9.17, 15) is 17.6 Å². The zero-order chi connectivity index (χ0) is 22.8. The van der Waals surface area contributed by atoms with E-state index in [2.05, 4.69) is 15.0 Å². The number of fused-ring (bicyclic) bond motifs is 1. The van der Waals surface area contributed by atoms with Crippen molar-refractivity contribution in [2.45, 2.75) is 30.8 Å². The van der Waals surface area contributed by atoms with Crippen LogP contribution in [0.5, 0.6) is 0 Å². The highest BCUT2D eigenvalue weighted by molar-refractivity contribution is 7.90.